The maximum Gasteiger partial charge on any atom is 0.341 e. The maximum absolute atomic E-state index is 12.5. The number of hydrogen-bond donors (Lipinski definition) is 1. The predicted octanol–water partition coefficient (Wildman–Crippen LogP) is 3.89. The molecule has 10 heteroatoms. The van der Waals surface area contributed by atoms with Crippen LogP contribution in [0.15, 0.2) is 51.1 Å². The Labute approximate surface area is 157 Å². The third-order valence-electron chi connectivity index (χ3n) is 3.55. The van der Waals surface area contributed by atoms with Gasteiger partial charge >= 0.3 is 5.76 Å². The minimum absolute atomic E-state index is 0.00722. The Bertz CT molecular complexity index is 1060. The highest BCUT2D eigenvalue weighted by Crippen LogP contribution is 2.26. The standard InChI is InChI=1S/C17H14F2N2O4S2/c1-10-2-7-14(25-10)16-21-12(9-26-16)8-15(22)20-11-3-5-13(6-4-11)27(23,24)17(18)19/h2-7,9,17H,8H2,1H3,(H,20,22). The molecule has 3 aromatic rings. The van der Waals surface area contributed by atoms with Crippen LogP contribution in [-0.2, 0) is 21.1 Å². The lowest BCUT2D eigenvalue weighted by atomic mass is 10.3. The van der Waals surface area contributed by atoms with Crippen molar-refractivity contribution in [3.8, 4) is 10.8 Å². The summed E-state index contributed by atoms with van der Waals surface area (Å²) in [7, 11) is -4.66. The SMILES string of the molecule is Cc1ccc(-c2nc(CC(=O)Nc3ccc(S(=O)(=O)C(F)F)cc3)cs2)o1. The molecule has 6 nitrogen and oxygen atoms in total. The maximum atomic E-state index is 12.5. The minimum atomic E-state index is -4.66. The molecule has 3 rings (SSSR count). The van der Waals surface area contributed by atoms with Gasteiger partial charge in [0.15, 0.2) is 10.8 Å². The number of anilines is 1. The Morgan fingerprint density at radius 1 is 1.22 bits per heavy atom. The van der Waals surface area contributed by atoms with Crippen LogP contribution in [0.3, 0.4) is 0 Å². The van der Waals surface area contributed by atoms with E-state index in [2.05, 4.69) is 10.3 Å². The molecule has 0 aliphatic heterocycles. The highest BCUT2D eigenvalue weighted by molar-refractivity contribution is 7.91. The molecule has 1 N–H and O–H groups in total. The number of amides is 1. The highest BCUT2D eigenvalue weighted by atomic mass is 32.2. The molecule has 27 heavy (non-hydrogen) atoms. The van der Waals surface area contributed by atoms with E-state index in [0.29, 0.717) is 22.1 Å². The molecule has 0 aliphatic carbocycles. The van der Waals surface area contributed by atoms with Gasteiger partial charge in [0.2, 0.25) is 15.7 Å². The normalized spacial score (nSPS) is 11.7. The van der Waals surface area contributed by atoms with Crippen molar-refractivity contribution in [3.05, 3.63) is 53.2 Å². The van der Waals surface area contributed by atoms with Crippen LogP contribution in [0.5, 0.6) is 0 Å². The van der Waals surface area contributed by atoms with Crippen LogP contribution in [0.1, 0.15) is 11.5 Å². The summed E-state index contributed by atoms with van der Waals surface area (Å²) >= 11 is 1.35. The van der Waals surface area contributed by atoms with Gasteiger partial charge in [-0.15, -0.1) is 11.3 Å². The van der Waals surface area contributed by atoms with Gasteiger partial charge in [0.25, 0.3) is 0 Å². The highest BCUT2D eigenvalue weighted by Gasteiger charge is 2.26. The molecule has 0 atom stereocenters. The first-order valence-corrected chi connectivity index (χ1v) is 10.1. The van der Waals surface area contributed by atoms with Crippen LogP contribution in [0.25, 0.3) is 10.8 Å². The Kier molecular flexibility index (Phi) is 5.38. The number of sulfone groups is 1. The number of aryl methyl sites for hydroxylation is 1. The smallest absolute Gasteiger partial charge is 0.341 e. The second-order valence-corrected chi connectivity index (χ2v) is 8.39. The van der Waals surface area contributed by atoms with Gasteiger partial charge in [-0.1, -0.05) is 0 Å². The van der Waals surface area contributed by atoms with E-state index >= 15 is 0 Å². The summed E-state index contributed by atoms with van der Waals surface area (Å²) in [6.07, 6.45) is 0.00722. The lowest BCUT2D eigenvalue weighted by molar-refractivity contribution is -0.115. The second kappa shape index (κ2) is 7.57. The van der Waals surface area contributed by atoms with Crippen LogP contribution < -0.4 is 5.32 Å². The van der Waals surface area contributed by atoms with E-state index < -0.39 is 20.5 Å². The average molecular weight is 412 g/mol. The zero-order valence-electron chi connectivity index (χ0n) is 14.0. The molecule has 1 aromatic carbocycles. The number of furan rings is 1. The molecular formula is C17H14F2N2O4S2. The van der Waals surface area contributed by atoms with Gasteiger partial charge in [0, 0.05) is 11.1 Å². The van der Waals surface area contributed by atoms with Crippen LogP contribution >= 0.6 is 11.3 Å². The lowest BCUT2D eigenvalue weighted by Gasteiger charge is -2.06. The molecule has 0 aliphatic rings. The molecule has 0 unspecified atom stereocenters. The summed E-state index contributed by atoms with van der Waals surface area (Å²) in [6.45, 7) is 1.82. The van der Waals surface area contributed by atoms with Gasteiger partial charge in [-0.05, 0) is 43.3 Å². The number of thiazole rings is 1. The Balaban J connectivity index is 1.64. The van der Waals surface area contributed by atoms with Gasteiger partial charge in [-0.2, -0.15) is 8.78 Å². The van der Waals surface area contributed by atoms with Crippen molar-refractivity contribution in [2.75, 3.05) is 5.32 Å². The van der Waals surface area contributed by atoms with E-state index in [4.69, 9.17) is 4.42 Å². The molecule has 1 amide bonds. The summed E-state index contributed by atoms with van der Waals surface area (Å²) in [6, 6.07) is 8.18. The fourth-order valence-corrected chi connectivity index (χ4v) is 3.75. The topological polar surface area (TPSA) is 89.3 Å². The van der Waals surface area contributed by atoms with Crippen LogP contribution in [0, 0.1) is 6.92 Å². The third-order valence-corrected chi connectivity index (χ3v) is 5.85. The molecule has 2 aromatic heterocycles. The number of nitrogens with one attached hydrogen (secondary N) is 1. The van der Waals surface area contributed by atoms with Gasteiger partial charge in [0.1, 0.15) is 5.76 Å². The number of alkyl halides is 2. The summed E-state index contributed by atoms with van der Waals surface area (Å²) in [4.78, 5) is 16.0. The first kappa shape index (κ1) is 19.2. The number of carbonyl (C=O) groups excluding carboxylic acids is 1. The van der Waals surface area contributed by atoms with Crippen LogP contribution in [0.2, 0.25) is 0 Å². The number of aromatic nitrogens is 1. The number of nitrogens with zero attached hydrogens (tertiary/aromatic N) is 1. The van der Waals surface area contributed by atoms with E-state index in [1.54, 1.807) is 11.4 Å². The largest absolute Gasteiger partial charge is 0.459 e. The first-order valence-electron chi connectivity index (χ1n) is 7.69. The van der Waals surface area contributed by atoms with E-state index in [0.717, 1.165) is 17.9 Å². The lowest BCUT2D eigenvalue weighted by Crippen LogP contribution is -2.15. The van der Waals surface area contributed by atoms with E-state index in [1.165, 1.54) is 23.5 Å². The predicted molar refractivity (Wildman–Crippen MR) is 96.5 cm³/mol. The van der Waals surface area contributed by atoms with Crippen LogP contribution in [-0.4, -0.2) is 25.1 Å². The minimum Gasteiger partial charge on any atom is -0.459 e. The molecule has 0 bridgehead atoms. The zero-order chi connectivity index (χ0) is 19.6. The third kappa shape index (κ3) is 4.40. The monoisotopic (exact) mass is 412 g/mol. The molecule has 0 saturated heterocycles. The number of halogens is 2. The molecule has 0 radical (unpaired) electrons. The van der Waals surface area contributed by atoms with E-state index in [9.17, 15) is 22.0 Å². The Morgan fingerprint density at radius 2 is 1.93 bits per heavy atom. The Hall–Kier alpha value is -2.59. The first-order chi connectivity index (χ1) is 12.8. The molecule has 2 heterocycles. The Morgan fingerprint density at radius 3 is 2.52 bits per heavy atom. The number of hydrogen-bond acceptors (Lipinski definition) is 6. The number of benzene rings is 1. The average Bonchev–Trinajstić information content (AvgIpc) is 3.24. The summed E-state index contributed by atoms with van der Waals surface area (Å²) < 4.78 is 53.2. The van der Waals surface area contributed by atoms with Crippen LogP contribution in [0.4, 0.5) is 14.5 Å². The van der Waals surface area contributed by atoms with Gasteiger partial charge < -0.3 is 9.73 Å². The van der Waals surface area contributed by atoms with Crippen molar-refractivity contribution < 1.29 is 26.4 Å². The van der Waals surface area contributed by atoms with Gasteiger partial charge in [-0.25, -0.2) is 13.4 Å². The number of rotatable bonds is 6. The quantitative estimate of drug-likeness (QED) is 0.664. The zero-order valence-corrected chi connectivity index (χ0v) is 15.6. The van der Waals surface area contributed by atoms with Crippen molar-refractivity contribution in [2.24, 2.45) is 0 Å². The molecule has 0 fully saturated rings. The molecule has 0 saturated carbocycles. The summed E-state index contributed by atoms with van der Waals surface area (Å²) in [5, 5.41) is 4.97. The van der Waals surface area contributed by atoms with Crippen molar-refractivity contribution in [2.45, 2.75) is 24.0 Å². The summed E-state index contributed by atoms with van der Waals surface area (Å²) in [5.74, 6) is -2.47. The molecular weight excluding hydrogens is 398 g/mol. The van der Waals surface area contributed by atoms with Gasteiger partial charge in [0.05, 0.1) is 17.0 Å². The van der Waals surface area contributed by atoms with Crippen molar-refractivity contribution in [1.82, 2.24) is 4.98 Å². The van der Waals surface area contributed by atoms with Crippen molar-refractivity contribution >= 4 is 32.8 Å². The second-order valence-electron chi connectivity index (χ2n) is 5.61. The fourth-order valence-electron chi connectivity index (χ4n) is 2.25. The summed E-state index contributed by atoms with van der Waals surface area (Å²) in [5.41, 5.74) is 0.851. The van der Waals surface area contributed by atoms with E-state index in [-0.39, 0.29) is 12.3 Å². The van der Waals surface area contributed by atoms with Gasteiger partial charge in [-0.3, -0.25) is 4.79 Å². The fraction of sp³-hybridized carbons (Fsp3) is 0.176. The number of carbonyl (C=O) groups is 1. The van der Waals surface area contributed by atoms with E-state index in [1.807, 2.05) is 13.0 Å². The van der Waals surface area contributed by atoms with Crippen molar-refractivity contribution in [3.63, 3.8) is 0 Å². The molecule has 0 spiro atoms. The van der Waals surface area contributed by atoms with Crippen molar-refractivity contribution in [1.29, 1.82) is 0 Å². The molecule has 142 valence electrons.